The van der Waals surface area contributed by atoms with Crippen LogP contribution < -0.4 is 10.1 Å². The molecular weight excluding hydrogens is 341 g/mol. The van der Waals surface area contributed by atoms with Gasteiger partial charge in [0, 0.05) is 13.1 Å². The number of nitrogens with one attached hydrogen (secondary N) is 1. The van der Waals surface area contributed by atoms with Crippen LogP contribution in [-0.4, -0.2) is 22.9 Å². The summed E-state index contributed by atoms with van der Waals surface area (Å²) in [5.41, 5.74) is 0.291. The molecule has 8 heteroatoms. The standard InChI is InChI=1S/C15H15Cl2N3O3/c16-12(14(17)19-8-4-1-5-9-19)13(20(21)22)15-18-10-6-2-3-7-11(10)23-15/h2-3,6-7,18H,1,4-5,8-9H2/b14-12-,15-13+. The molecule has 23 heavy (non-hydrogen) atoms. The second kappa shape index (κ2) is 6.68. The van der Waals surface area contributed by atoms with Crippen molar-refractivity contribution in [3.63, 3.8) is 0 Å². The van der Waals surface area contributed by atoms with E-state index < -0.39 is 4.92 Å². The number of halogens is 2. The number of anilines is 1. The van der Waals surface area contributed by atoms with E-state index in [1.807, 2.05) is 11.0 Å². The van der Waals surface area contributed by atoms with Crippen LogP contribution in [0.2, 0.25) is 0 Å². The number of rotatable bonds is 3. The molecule has 6 nitrogen and oxygen atoms in total. The van der Waals surface area contributed by atoms with Gasteiger partial charge in [0.15, 0.2) is 10.8 Å². The van der Waals surface area contributed by atoms with Crippen molar-refractivity contribution in [2.45, 2.75) is 19.3 Å². The maximum absolute atomic E-state index is 11.5. The van der Waals surface area contributed by atoms with E-state index >= 15 is 0 Å². The largest absolute Gasteiger partial charge is 0.433 e. The first kappa shape index (κ1) is 16.0. The highest BCUT2D eigenvalue weighted by Crippen LogP contribution is 2.37. The summed E-state index contributed by atoms with van der Waals surface area (Å²) in [6.07, 6.45) is 3.11. The number of allylic oxidation sites excluding steroid dienone is 1. The van der Waals surface area contributed by atoms with Gasteiger partial charge in [0.05, 0.1) is 10.6 Å². The Morgan fingerprint density at radius 2 is 1.91 bits per heavy atom. The summed E-state index contributed by atoms with van der Waals surface area (Å²) in [5, 5.41) is 14.4. The lowest BCUT2D eigenvalue weighted by Crippen LogP contribution is -2.28. The zero-order chi connectivity index (χ0) is 16.4. The Morgan fingerprint density at radius 1 is 1.22 bits per heavy atom. The van der Waals surface area contributed by atoms with Crippen molar-refractivity contribution in [3.05, 3.63) is 56.1 Å². The minimum Gasteiger partial charge on any atom is -0.433 e. The van der Waals surface area contributed by atoms with Gasteiger partial charge in [-0.3, -0.25) is 10.1 Å². The SMILES string of the molecule is O=[N+]([O-])C(=C1\Nc2ccccc2O1)/C(Cl)=C(\Cl)N1CCCCC1. The fraction of sp³-hybridized carbons (Fsp3) is 0.333. The Hall–Kier alpha value is -1.92. The van der Waals surface area contributed by atoms with Crippen LogP contribution in [0.1, 0.15) is 19.3 Å². The van der Waals surface area contributed by atoms with Gasteiger partial charge in [-0.25, -0.2) is 0 Å². The highest BCUT2D eigenvalue weighted by atomic mass is 35.5. The number of ether oxygens (including phenoxy) is 1. The van der Waals surface area contributed by atoms with E-state index in [2.05, 4.69) is 5.32 Å². The van der Waals surface area contributed by atoms with Crippen molar-refractivity contribution >= 4 is 28.9 Å². The number of fused-ring (bicyclic) bond motifs is 1. The molecule has 0 atom stereocenters. The van der Waals surface area contributed by atoms with Crippen LogP contribution in [0.4, 0.5) is 5.69 Å². The first-order valence-corrected chi connectivity index (χ1v) is 8.06. The van der Waals surface area contributed by atoms with Crippen LogP contribution >= 0.6 is 23.2 Å². The van der Waals surface area contributed by atoms with Gasteiger partial charge in [0.25, 0.3) is 5.88 Å². The lowest BCUT2D eigenvalue weighted by Gasteiger charge is -2.28. The monoisotopic (exact) mass is 355 g/mol. The number of nitrogens with zero attached hydrogens (tertiary/aromatic N) is 2. The van der Waals surface area contributed by atoms with Crippen molar-refractivity contribution in [3.8, 4) is 5.75 Å². The summed E-state index contributed by atoms with van der Waals surface area (Å²) in [6.45, 7) is 1.48. The number of hydrogen-bond donors (Lipinski definition) is 1. The number of nitro groups is 1. The molecule has 2 aliphatic heterocycles. The average Bonchev–Trinajstić information content (AvgIpc) is 2.98. The summed E-state index contributed by atoms with van der Waals surface area (Å²) in [7, 11) is 0. The zero-order valence-corrected chi connectivity index (χ0v) is 13.7. The first-order valence-electron chi connectivity index (χ1n) is 7.31. The molecule has 0 unspecified atom stereocenters. The van der Waals surface area contributed by atoms with E-state index in [1.165, 1.54) is 0 Å². The third-order valence-corrected chi connectivity index (χ3v) is 4.65. The normalized spacial score (nSPS) is 20.2. The second-order valence-corrected chi connectivity index (χ2v) is 6.05. The average molecular weight is 356 g/mol. The molecule has 1 saturated heterocycles. The molecule has 2 aliphatic rings. The number of likely N-dealkylation sites (tertiary alicyclic amines) is 1. The van der Waals surface area contributed by atoms with E-state index in [-0.39, 0.29) is 21.8 Å². The number of hydrogen-bond acceptors (Lipinski definition) is 5. The van der Waals surface area contributed by atoms with Gasteiger partial charge < -0.3 is 15.0 Å². The molecule has 0 aliphatic carbocycles. The Bertz CT molecular complexity index is 670. The van der Waals surface area contributed by atoms with Crippen LogP contribution in [0.15, 0.2) is 46.0 Å². The Morgan fingerprint density at radius 3 is 2.57 bits per heavy atom. The predicted molar refractivity (Wildman–Crippen MR) is 88.9 cm³/mol. The summed E-state index contributed by atoms with van der Waals surface area (Å²) in [5.74, 6) is 0.497. The second-order valence-electron chi connectivity index (χ2n) is 5.31. The Balaban J connectivity index is 1.96. The quantitative estimate of drug-likeness (QED) is 0.502. The molecule has 0 amide bonds. The Labute approximate surface area is 143 Å². The number of para-hydroxylation sites is 2. The van der Waals surface area contributed by atoms with Gasteiger partial charge in [0.2, 0.25) is 0 Å². The molecule has 1 aromatic carbocycles. The molecule has 0 aromatic heterocycles. The van der Waals surface area contributed by atoms with Crippen LogP contribution in [0.25, 0.3) is 0 Å². The molecule has 1 N–H and O–H groups in total. The molecule has 3 rings (SSSR count). The molecule has 122 valence electrons. The van der Waals surface area contributed by atoms with Crippen molar-refractivity contribution in [2.75, 3.05) is 18.4 Å². The van der Waals surface area contributed by atoms with Crippen LogP contribution in [0.3, 0.4) is 0 Å². The van der Waals surface area contributed by atoms with Crippen molar-refractivity contribution in [2.24, 2.45) is 0 Å². The summed E-state index contributed by atoms with van der Waals surface area (Å²) < 4.78 is 5.52. The van der Waals surface area contributed by atoms with Gasteiger partial charge in [-0.1, -0.05) is 35.3 Å². The summed E-state index contributed by atoms with van der Waals surface area (Å²) >= 11 is 12.5. The maximum Gasteiger partial charge on any atom is 0.350 e. The van der Waals surface area contributed by atoms with E-state index in [0.29, 0.717) is 11.4 Å². The van der Waals surface area contributed by atoms with E-state index in [0.717, 1.165) is 32.4 Å². The van der Waals surface area contributed by atoms with Gasteiger partial charge in [-0.15, -0.1) is 0 Å². The minimum atomic E-state index is -0.580. The van der Waals surface area contributed by atoms with Gasteiger partial charge >= 0.3 is 5.70 Å². The summed E-state index contributed by atoms with van der Waals surface area (Å²) in [6, 6.07) is 7.08. The molecule has 1 fully saturated rings. The molecule has 0 spiro atoms. The van der Waals surface area contributed by atoms with E-state index in [1.54, 1.807) is 18.2 Å². The molecule has 2 heterocycles. The summed E-state index contributed by atoms with van der Waals surface area (Å²) in [4.78, 5) is 12.8. The van der Waals surface area contributed by atoms with Gasteiger partial charge in [-0.2, -0.15) is 0 Å². The van der Waals surface area contributed by atoms with Gasteiger partial charge in [-0.05, 0) is 31.4 Å². The fourth-order valence-electron chi connectivity index (χ4n) is 2.61. The predicted octanol–water partition coefficient (Wildman–Crippen LogP) is 4.07. The highest BCUT2D eigenvalue weighted by molar-refractivity contribution is 6.40. The fourth-order valence-corrected chi connectivity index (χ4v) is 3.15. The van der Waals surface area contributed by atoms with Crippen LogP contribution in [0.5, 0.6) is 5.75 Å². The van der Waals surface area contributed by atoms with Gasteiger partial charge in [0.1, 0.15) is 5.16 Å². The lowest BCUT2D eigenvalue weighted by atomic mass is 10.1. The molecule has 1 aromatic rings. The third kappa shape index (κ3) is 3.23. The minimum absolute atomic E-state index is 0.0173. The van der Waals surface area contributed by atoms with Crippen molar-refractivity contribution in [1.82, 2.24) is 4.90 Å². The zero-order valence-electron chi connectivity index (χ0n) is 12.2. The first-order chi connectivity index (χ1) is 11.1. The van der Waals surface area contributed by atoms with Crippen molar-refractivity contribution in [1.29, 1.82) is 0 Å². The van der Waals surface area contributed by atoms with Crippen LogP contribution in [-0.2, 0) is 0 Å². The third-order valence-electron chi connectivity index (χ3n) is 3.77. The Kier molecular flexibility index (Phi) is 4.63. The van der Waals surface area contributed by atoms with E-state index in [9.17, 15) is 10.1 Å². The lowest BCUT2D eigenvalue weighted by molar-refractivity contribution is -0.422. The topological polar surface area (TPSA) is 67.6 Å². The van der Waals surface area contributed by atoms with Crippen LogP contribution in [0, 0.1) is 10.1 Å². The van der Waals surface area contributed by atoms with Crippen molar-refractivity contribution < 1.29 is 9.66 Å². The smallest absolute Gasteiger partial charge is 0.350 e. The molecule has 0 saturated carbocycles. The molecule has 0 bridgehead atoms. The number of benzene rings is 1. The van der Waals surface area contributed by atoms with E-state index in [4.69, 9.17) is 27.9 Å². The molecular formula is C15H15Cl2N3O3. The number of piperidine rings is 1. The highest BCUT2D eigenvalue weighted by Gasteiger charge is 2.33. The maximum atomic E-state index is 11.5. The molecule has 0 radical (unpaired) electrons.